The number of aromatic nitrogens is 2. The molecule has 0 atom stereocenters. The normalized spacial score (nSPS) is 10.8. The van der Waals surface area contributed by atoms with E-state index in [4.69, 9.17) is 0 Å². The fourth-order valence-electron chi connectivity index (χ4n) is 2.03. The third-order valence-corrected chi connectivity index (χ3v) is 3.29. The highest BCUT2D eigenvalue weighted by Crippen LogP contribution is 2.11. The minimum absolute atomic E-state index is 0.660. The summed E-state index contributed by atoms with van der Waals surface area (Å²) in [5.41, 5.74) is 3.44. The molecule has 22 heavy (non-hydrogen) atoms. The Morgan fingerprint density at radius 1 is 1.00 bits per heavy atom. The fraction of sp³-hybridized carbons (Fsp3) is 0.412. The second-order valence-electron chi connectivity index (χ2n) is 5.79. The average Bonchev–Trinajstić information content (AvgIpc) is 2.46. The van der Waals surface area contributed by atoms with Gasteiger partial charge in [0.25, 0.3) is 0 Å². The maximum Gasteiger partial charge on any atom is 0.225 e. The van der Waals surface area contributed by atoms with Crippen molar-refractivity contribution in [1.29, 1.82) is 0 Å². The van der Waals surface area contributed by atoms with Crippen LogP contribution in [0.4, 0.5) is 11.8 Å². The van der Waals surface area contributed by atoms with E-state index in [0.29, 0.717) is 5.95 Å². The van der Waals surface area contributed by atoms with E-state index in [2.05, 4.69) is 70.8 Å². The van der Waals surface area contributed by atoms with Crippen LogP contribution in [-0.2, 0) is 6.54 Å². The van der Waals surface area contributed by atoms with Crippen LogP contribution in [0.1, 0.15) is 16.8 Å². The van der Waals surface area contributed by atoms with Crippen LogP contribution in [0.3, 0.4) is 0 Å². The van der Waals surface area contributed by atoms with Gasteiger partial charge in [-0.3, -0.25) is 0 Å². The molecule has 1 heterocycles. The van der Waals surface area contributed by atoms with Gasteiger partial charge in [0.05, 0.1) is 0 Å². The van der Waals surface area contributed by atoms with Crippen LogP contribution >= 0.6 is 0 Å². The number of rotatable bonds is 7. The van der Waals surface area contributed by atoms with E-state index in [1.54, 1.807) is 0 Å². The van der Waals surface area contributed by atoms with Gasteiger partial charge in [0.1, 0.15) is 5.82 Å². The van der Waals surface area contributed by atoms with Crippen LogP contribution in [0.2, 0.25) is 0 Å². The predicted octanol–water partition coefficient (Wildman–Crippen LogP) is 2.68. The van der Waals surface area contributed by atoms with Crippen molar-refractivity contribution in [3.05, 3.63) is 47.2 Å². The van der Waals surface area contributed by atoms with Crippen LogP contribution in [-0.4, -0.2) is 42.1 Å². The zero-order chi connectivity index (χ0) is 15.9. The number of anilines is 2. The molecule has 0 fully saturated rings. The van der Waals surface area contributed by atoms with Gasteiger partial charge >= 0.3 is 0 Å². The lowest BCUT2D eigenvalue weighted by atomic mass is 10.1. The van der Waals surface area contributed by atoms with Crippen molar-refractivity contribution < 1.29 is 0 Å². The molecule has 0 aliphatic rings. The summed E-state index contributed by atoms with van der Waals surface area (Å²) in [7, 11) is 4.11. The van der Waals surface area contributed by atoms with Gasteiger partial charge in [-0.15, -0.1) is 0 Å². The molecule has 2 aromatic rings. The van der Waals surface area contributed by atoms with Crippen molar-refractivity contribution >= 4 is 11.8 Å². The lowest BCUT2D eigenvalue weighted by molar-refractivity contribution is 0.425. The van der Waals surface area contributed by atoms with Crippen molar-refractivity contribution in [3.63, 3.8) is 0 Å². The Balaban J connectivity index is 1.95. The average molecular weight is 299 g/mol. The second-order valence-corrected chi connectivity index (χ2v) is 5.79. The summed E-state index contributed by atoms with van der Waals surface area (Å²) in [4.78, 5) is 11.1. The fourth-order valence-corrected chi connectivity index (χ4v) is 2.03. The van der Waals surface area contributed by atoms with Gasteiger partial charge in [0.15, 0.2) is 0 Å². The lowest BCUT2D eigenvalue weighted by Gasteiger charge is -2.12. The molecule has 2 rings (SSSR count). The van der Waals surface area contributed by atoms with Crippen LogP contribution in [0, 0.1) is 13.8 Å². The molecule has 1 aromatic carbocycles. The minimum Gasteiger partial charge on any atom is -0.369 e. The molecular formula is C17H25N5. The molecule has 0 aliphatic carbocycles. The van der Waals surface area contributed by atoms with Gasteiger partial charge in [0.2, 0.25) is 5.95 Å². The van der Waals surface area contributed by atoms with Gasteiger partial charge in [-0.05, 0) is 33.5 Å². The highest BCUT2D eigenvalue weighted by Gasteiger charge is 2.02. The number of benzene rings is 1. The summed E-state index contributed by atoms with van der Waals surface area (Å²) < 4.78 is 0. The van der Waals surface area contributed by atoms with Crippen LogP contribution in [0.5, 0.6) is 0 Å². The third kappa shape index (κ3) is 5.33. The maximum absolute atomic E-state index is 4.51. The maximum atomic E-state index is 4.51. The molecule has 0 amide bonds. The van der Waals surface area contributed by atoms with Gasteiger partial charge in [-0.25, -0.2) is 4.98 Å². The van der Waals surface area contributed by atoms with Crippen molar-refractivity contribution in [2.24, 2.45) is 0 Å². The van der Waals surface area contributed by atoms with E-state index in [-0.39, 0.29) is 0 Å². The van der Waals surface area contributed by atoms with Crippen LogP contribution in [0.15, 0.2) is 30.3 Å². The molecule has 0 saturated carbocycles. The molecule has 0 spiro atoms. The first-order valence-electron chi connectivity index (χ1n) is 7.56. The largest absolute Gasteiger partial charge is 0.369 e. The topological polar surface area (TPSA) is 53.1 Å². The van der Waals surface area contributed by atoms with Gasteiger partial charge in [-0.2, -0.15) is 4.98 Å². The van der Waals surface area contributed by atoms with Crippen LogP contribution < -0.4 is 10.6 Å². The Morgan fingerprint density at radius 3 is 2.41 bits per heavy atom. The van der Waals surface area contributed by atoms with Crippen molar-refractivity contribution in [2.45, 2.75) is 20.4 Å². The third-order valence-electron chi connectivity index (χ3n) is 3.29. The van der Waals surface area contributed by atoms with E-state index < -0.39 is 0 Å². The molecule has 0 saturated heterocycles. The molecule has 2 N–H and O–H groups in total. The molecule has 1 aromatic heterocycles. The smallest absolute Gasteiger partial charge is 0.225 e. The Hall–Kier alpha value is -2.14. The summed E-state index contributed by atoms with van der Waals surface area (Å²) in [6.07, 6.45) is 0. The first-order valence-corrected chi connectivity index (χ1v) is 7.56. The monoisotopic (exact) mass is 299 g/mol. The summed E-state index contributed by atoms with van der Waals surface area (Å²) >= 11 is 0. The van der Waals surface area contributed by atoms with E-state index in [1.165, 1.54) is 11.1 Å². The van der Waals surface area contributed by atoms with E-state index in [0.717, 1.165) is 31.1 Å². The van der Waals surface area contributed by atoms with E-state index in [9.17, 15) is 0 Å². The molecule has 0 bridgehead atoms. The Labute approximate surface area is 132 Å². The lowest BCUT2D eigenvalue weighted by Crippen LogP contribution is -2.21. The molecule has 0 unspecified atom stereocenters. The standard InChI is InChI=1S/C17H25N5/c1-13-5-7-15(8-6-13)12-19-17-20-14(2)11-16(21-17)18-9-10-22(3)4/h5-8,11H,9-10,12H2,1-4H3,(H2,18,19,20,21). The Kier molecular flexibility index (Phi) is 5.72. The first-order chi connectivity index (χ1) is 10.5. The number of hydrogen-bond acceptors (Lipinski definition) is 5. The number of hydrogen-bond donors (Lipinski definition) is 2. The van der Waals surface area contributed by atoms with Gasteiger partial charge in [-0.1, -0.05) is 29.8 Å². The number of likely N-dealkylation sites (N-methyl/N-ethyl adjacent to an activating group) is 1. The van der Waals surface area contributed by atoms with Gasteiger partial charge < -0.3 is 15.5 Å². The molecule has 118 valence electrons. The van der Waals surface area contributed by atoms with Gasteiger partial charge in [0, 0.05) is 31.4 Å². The zero-order valence-electron chi connectivity index (χ0n) is 13.8. The number of nitrogens with one attached hydrogen (secondary N) is 2. The second kappa shape index (κ2) is 7.75. The summed E-state index contributed by atoms with van der Waals surface area (Å²) in [6.45, 7) is 6.62. The molecular weight excluding hydrogens is 274 g/mol. The Bertz CT molecular complexity index is 592. The minimum atomic E-state index is 0.660. The zero-order valence-corrected chi connectivity index (χ0v) is 13.8. The summed E-state index contributed by atoms with van der Waals surface area (Å²) in [5, 5.41) is 6.62. The summed E-state index contributed by atoms with van der Waals surface area (Å²) in [6, 6.07) is 10.4. The van der Waals surface area contributed by atoms with E-state index >= 15 is 0 Å². The van der Waals surface area contributed by atoms with Crippen molar-refractivity contribution in [2.75, 3.05) is 37.8 Å². The predicted molar refractivity (Wildman–Crippen MR) is 92.3 cm³/mol. The highest BCUT2D eigenvalue weighted by molar-refractivity contribution is 5.42. The van der Waals surface area contributed by atoms with Crippen LogP contribution in [0.25, 0.3) is 0 Å². The number of aryl methyl sites for hydroxylation is 2. The molecule has 0 radical (unpaired) electrons. The Morgan fingerprint density at radius 2 is 1.73 bits per heavy atom. The van der Waals surface area contributed by atoms with Crippen molar-refractivity contribution in [1.82, 2.24) is 14.9 Å². The van der Waals surface area contributed by atoms with E-state index in [1.807, 2.05) is 13.0 Å². The quantitative estimate of drug-likeness (QED) is 0.823. The SMILES string of the molecule is Cc1ccc(CNc2nc(C)cc(NCCN(C)C)n2)cc1. The number of nitrogens with zero attached hydrogens (tertiary/aromatic N) is 3. The molecule has 5 heteroatoms. The first kappa shape index (κ1) is 16.2. The molecule has 5 nitrogen and oxygen atoms in total. The summed E-state index contributed by atoms with van der Waals surface area (Å²) in [5.74, 6) is 1.52. The molecule has 0 aliphatic heterocycles. The van der Waals surface area contributed by atoms with Crippen molar-refractivity contribution in [3.8, 4) is 0 Å². The highest BCUT2D eigenvalue weighted by atomic mass is 15.2.